The van der Waals surface area contributed by atoms with Crippen molar-refractivity contribution in [1.82, 2.24) is 5.48 Å². The largest absolute Gasteiger partial charge is 0.490 e. The van der Waals surface area contributed by atoms with Gasteiger partial charge in [-0.05, 0) is 11.6 Å². The van der Waals surface area contributed by atoms with E-state index >= 15 is 0 Å². The average molecular weight is 230 g/mol. The number of rotatable bonds is 2. The Bertz CT molecular complexity index is 357. The summed E-state index contributed by atoms with van der Waals surface area (Å²) in [6.07, 6.45) is 0.846. The van der Waals surface area contributed by atoms with Crippen LogP contribution >= 0.6 is 11.6 Å². The predicted octanol–water partition coefficient (Wildman–Crippen LogP) is 1.98. The zero-order chi connectivity index (χ0) is 10.7. The topological polar surface area (TPSA) is 50.7 Å². The van der Waals surface area contributed by atoms with Gasteiger partial charge in [-0.2, -0.15) is 0 Å². The number of benzene rings is 1. The first-order chi connectivity index (χ1) is 7.33. The standard InChI is InChI=1S/C10H12ClNO3/c11-9-7(6-12-13)2-3-8-10(9)15-5-1-4-14-8/h2-3,12-13H,1,4-6H2. The van der Waals surface area contributed by atoms with Crippen LogP contribution in [0.3, 0.4) is 0 Å². The highest BCUT2D eigenvalue weighted by atomic mass is 35.5. The van der Waals surface area contributed by atoms with Crippen molar-refractivity contribution < 1.29 is 14.7 Å². The fraction of sp³-hybridized carbons (Fsp3) is 0.400. The molecular weight excluding hydrogens is 218 g/mol. The highest BCUT2D eigenvalue weighted by Crippen LogP contribution is 2.38. The monoisotopic (exact) mass is 229 g/mol. The van der Waals surface area contributed by atoms with Crippen molar-refractivity contribution in [3.05, 3.63) is 22.7 Å². The Morgan fingerprint density at radius 2 is 2.13 bits per heavy atom. The minimum Gasteiger partial charge on any atom is -0.490 e. The van der Waals surface area contributed by atoms with Gasteiger partial charge < -0.3 is 14.7 Å². The van der Waals surface area contributed by atoms with E-state index in [1.54, 1.807) is 12.1 Å². The number of hydrogen-bond acceptors (Lipinski definition) is 4. The maximum Gasteiger partial charge on any atom is 0.180 e. The van der Waals surface area contributed by atoms with Crippen molar-refractivity contribution in [2.24, 2.45) is 0 Å². The molecule has 0 amide bonds. The Morgan fingerprint density at radius 1 is 1.33 bits per heavy atom. The van der Waals surface area contributed by atoms with E-state index in [9.17, 15) is 0 Å². The van der Waals surface area contributed by atoms with Gasteiger partial charge in [0.1, 0.15) is 0 Å². The number of hydroxylamine groups is 1. The summed E-state index contributed by atoms with van der Waals surface area (Å²) in [6.45, 7) is 1.53. The molecule has 0 saturated carbocycles. The van der Waals surface area contributed by atoms with E-state index in [0.29, 0.717) is 29.7 Å². The van der Waals surface area contributed by atoms with Crippen molar-refractivity contribution in [3.63, 3.8) is 0 Å². The normalized spacial score (nSPS) is 14.8. The first-order valence-corrected chi connectivity index (χ1v) is 5.14. The van der Waals surface area contributed by atoms with Crippen LogP contribution in [0.15, 0.2) is 12.1 Å². The van der Waals surface area contributed by atoms with Crippen LogP contribution in [0.1, 0.15) is 12.0 Å². The Morgan fingerprint density at radius 3 is 2.93 bits per heavy atom. The molecule has 4 nitrogen and oxygen atoms in total. The molecule has 0 saturated heterocycles. The quantitative estimate of drug-likeness (QED) is 0.762. The lowest BCUT2D eigenvalue weighted by molar-refractivity contribution is 0.161. The van der Waals surface area contributed by atoms with Crippen LogP contribution in [-0.4, -0.2) is 18.4 Å². The van der Waals surface area contributed by atoms with Gasteiger partial charge in [-0.3, -0.25) is 0 Å². The zero-order valence-electron chi connectivity index (χ0n) is 8.12. The summed E-state index contributed by atoms with van der Waals surface area (Å²) in [5, 5.41) is 9.12. The molecule has 0 aliphatic carbocycles. The molecule has 0 aromatic heterocycles. The molecule has 0 unspecified atom stereocenters. The van der Waals surface area contributed by atoms with Gasteiger partial charge in [-0.1, -0.05) is 17.7 Å². The van der Waals surface area contributed by atoms with E-state index in [1.165, 1.54) is 0 Å². The van der Waals surface area contributed by atoms with Gasteiger partial charge in [0.2, 0.25) is 0 Å². The summed E-state index contributed by atoms with van der Waals surface area (Å²) in [7, 11) is 0. The van der Waals surface area contributed by atoms with Crippen molar-refractivity contribution in [2.75, 3.05) is 13.2 Å². The average Bonchev–Trinajstić information content (AvgIpc) is 2.48. The van der Waals surface area contributed by atoms with Crippen LogP contribution in [0.25, 0.3) is 0 Å². The second-order valence-corrected chi connectivity index (χ2v) is 3.63. The lowest BCUT2D eigenvalue weighted by Gasteiger charge is -2.11. The summed E-state index contributed by atoms with van der Waals surface area (Å²) in [4.78, 5) is 0. The van der Waals surface area contributed by atoms with E-state index in [1.807, 2.05) is 0 Å². The molecule has 2 N–H and O–H groups in total. The van der Waals surface area contributed by atoms with Crippen molar-refractivity contribution >= 4 is 11.6 Å². The van der Waals surface area contributed by atoms with Gasteiger partial charge >= 0.3 is 0 Å². The molecule has 0 atom stereocenters. The zero-order valence-corrected chi connectivity index (χ0v) is 8.88. The molecule has 1 aromatic carbocycles. The summed E-state index contributed by atoms with van der Waals surface area (Å²) in [6, 6.07) is 3.61. The molecule has 1 aliphatic heterocycles. The Hall–Kier alpha value is -0.970. The van der Waals surface area contributed by atoms with E-state index in [2.05, 4.69) is 5.48 Å². The van der Waals surface area contributed by atoms with Gasteiger partial charge in [-0.25, -0.2) is 5.48 Å². The highest BCUT2D eigenvalue weighted by molar-refractivity contribution is 6.33. The number of ether oxygens (including phenoxy) is 2. The van der Waals surface area contributed by atoms with Gasteiger partial charge in [0, 0.05) is 13.0 Å². The molecule has 0 fully saturated rings. The van der Waals surface area contributed by atoms with Crippen LogP contribution in [0.5, 0.6) is 11.5 Å². The smallest absolute Gasteiger partial charge is 0.180 e. The maximum atomic E-state index is 8.62. The third-order valence-electron chi connectivity index (χ3n) is 2.20. The fourth-order valence-corrected chi connectivity index (χ4v) is 1.74. The predicted molar refractivity (Wildman–Crippen MR) is 55.7 cm³/mol. The van der Waals surface area contributed by atoms with Gasteiger partial charge in [0.25, 0.3) is 0 Å². The minimum atomic E-state index is 0.287. The number of halogens is 1. The molecule has 2 rings (SSSR count). The lowest BCUT2D eigenvalue weighted by atomic mass is 10.2. The minimum absolute atomic E-state index is 0.287. The molecule has 0 spiro atoms. The highest BCUT2D eigenvalue weighted by Gasteiger charge is 2.16. The first-order valence-electron chi connectivity index (χ1n) is 4.77. The number of hydrogen-bond donors (Lipinski definition) is 2. The van der Waals surface area contributed by atoms with E-state index in [-0.39, 0.29) is 6.54 Å². The van der Waals surface area contributed by atoms with Crippen LogP contribution < -0.4 is 15.0 Å². The summed E-state index contributed by atoms with van der Waals surface area (Å²) in [5.74, 6) is 1.24. The lowest BCUT2D eigenvalue weighted by Crippen LogP contribution is -2.07. The summed E-state index contributed by atoms with van der Waals surface area (Å²) >= 11 is 6.12. The van der Waals surface area contributed by atoms with Gasteiger partial charge in [0.05, 0.1) is 18.2 Å². The van der Waals surface area contributed by atoms with E-state index in [0.717, 1.165) is 12.0 Å². The van der Waals surface area contributed by atoms with Crippen LogP contribution in [0.4, 0.5) is 0 Å². The molecule has 1 aliphatic rings. The maximum absolute atomic E-state index is 8.62. The molecular formula is C10H12ClNO3. The molecule has 1 aromatic rings. The van der Waals surface area contributed by atoms with Crippen molar-refractivity contribution in [1.29, 1.82) is 0 Å². The molecule has 5 heteroatoms. The summed E-state index contributed by atoms with van der Waals surface area (Å²) < 4.78 is 11.0. The Kier molecular flexibility index (Phi) is 3.30. The van der Waals surface area contributed by atoms with E-state index < -0.39 is 0 Å². The molecule has 0 bridgehead atoms. The number of nitrogens with one attached hydrogen (secondary N) is 1. The van der Waals surface area contributed by atoms with Crippen LogP contribution in [-0.2, 0) is 6.54 Å². The molecule has 82 valence electrons. The molecule has 15 heavy (non-hydrogen) atoms. The second-order valence-electron chi connectivity index (χ2n) is 3.25. The fourth-order valence-electron chi connectivity index (χ4n) is 1.46. The van der Waals surface area contributed by atoms with E-state index in [4.69, 9.17) is 26.3 Å². The second kappa shape index (κ2) is 4.70. The summed E-state index contributed by atoms with van der Waals surface area (Å²) in [5.41, 5.74) is 2.85. The van der Waals surface area contributed by atoms with Gasteiger partial charge in [0.15, 0.2) is 11.5 Å². The number of fused-ring (bicyclic) bond motifs is 1. The van der Waals surface area contributed by atoms with Crippen LogP contribution in [0, 0.1) is 0 Å². The Balaban J connectivity index is 2.36. The third kappa shape index (κ3) is 2.17. The van der Waals surface area contributed by atoms with Crippen molar-refractivity contribution in [2.45, 2.75) is 13.0 Å². The van der Waals surface area contributed by atoms with Gasteiger partial charge in [-0.15, -0.1) is 0 Å². The third-order valence-corrected chi connectivity index (χ3v) is 2.62. The molecule has 1 heterocycles. The van der Waals surface area contributed by atoms with Crippen molar-refractivity contribution in [3.8, 4) is 11.5 Å². The molecule has 0 radical (unpaired) electrons. The first kappa shape index (κ1) is 10.5. The SMILES string of the molecule is ONCc1ccc2c(c1Cl)OCCCO2. The Labute approximate surface area is 92.7 Å². The van der Waals surface area contributed by atoms with Crippen LogP contribution in [0.2, 0.25) is 5.02 Å².